The Kier molecular flexibility index (Phi) is 7.33. The first-order valence-corrected chi connectivity index (χ1v) is 17.2. The first kappa shape index (κ1) is 31.2. The Hall–Kier alpha value is -4.04. The Morgan fingerprint density at radius 1 is 1.17 bits per heavy atom. The SMILES string of the molecule is CN1CCC2(CC(CC#N)C2)Oc2c(Cl)c(-c3ccc(F)c4sc(N)c(C#N)c34)c(F)c3nc(OC[C@@]45CCCN4C[C@H](F)C5)nc1c23. The molecule has 2 atom stereocenters. The van der Waals surface area contributed by atoms with E-state index in [1.54, 1.807) is 0 Å². The second-order valence-electron chi connectivity index (χ2n) is 13.6. The Labute approximate surface area is 283 Å². The monoisotopic (exact) mass is 693 g/mol. The summed E-state index contributed by atoms with van der Waals surface area (Å²) in [6.07, 6.45) is 3.32. The molecule has 1 spiro atoms. The summed E-state index contributed by atoms with van der Waals surface area (Å²) >= 11 is 8.05. The second kappa shape index (κ2) is 11.3. The Morgan fingerprint density at radius 3 is 2.75 bits per heavy atom. The molecule has 1 aliphatic carbocycles. The lowest BCUT2D eigenvalue weighted by molar-refractivity contribution is -0.0524. The molecule has 48 heavy (non-hydrogen) atoms. The van der Waals surface area contributed by atoms with Gasteiger partial charge in [0.05, 0.1) is 32.3 Å². The minimum Gasteiger partial charge on any atom is -0.485 e. The quantitative estimate of drug-likeness (QED) is 0.232. The number of anilines is 2. The summed E-state index contributed by atoms with van der Waals surface area (Å²) in [7, 11) is 1.85. The summed E-state index contributed by atoms with van der Waals surface area (Å²) < 4.78 is 59.9. The number of nitriles is 2. The van der Waals surface area contributed by atoms with Crippen molar-refractivity contribution >= 4 is 54.7 Å². The molecule has 3 aliphatic heterocycles. The molecule has 2 N–H and O–H groups in total. The second-order valence-corrected chi connectivity index (χ2v) is 15.0. The minimum absolute atomic E-state index is 0.0219. The van der Waals surface area contributed by atoms with Crippen molar-refractivity contribution in [2.45, 2.75) is 62.3 Å². The van der Waals surface area contributed by atoms with E-state index < -0.39 is 28.9 Å². The van der Waals surface area contributed by atoms with Crippen LogP contribution in [0.1, 0.15) is 50.5 Å². The first-order valence-electron chi connectivity index (χ1n) is 16.0. The third kappa shape index (κ3) is 4.66. The first-order chi connectivity index (χ1) is 23.1. The fraction of sp³-hybridized carbons (Fsp3) is 0.471. The van der Waals surface area contributed by atoms with Gasteiger partial charge in [0.25, 0.3) is 0 Å². The average Bonchev–Trinajstić information content (AvgIpc) is 3.69. The molecular weight excluding hydrogens is 663 g/mol. The number of fused-ring (bicyclic) bond motifs is 2. The lowest BCUT2D eigenvalue weighted by Gasteiger charge is -2.49. The van der Waals surface area contributed by atoms with Gasteiger partial charge in [-0.1, -0.05) is 17.7 Å². The number of halogens is 4. The van der Waals surface area contributed by atoms with Gasteiger partial charge in [0.2, 0.25) is 0 Å². The van der Waals surface area contributed by atoms with E-state index in [-0.39, 0.29) is 72.0 Å². The van der Waals surface area contributed by atoms with E-state index in [9.17, 15) is 14.9 Å². The van der Waals surface area contributed by atoms with E-state index in [1.165, 1.54) is 12.1 Å². The number of rotatable bonds is 5. The van der Waals surface area contributed by atoms with Crippen molar-refractivity contribution < 1.29 is 22.6 Å². The molecule has 0 bridgehead atoms. The largest absolute Gasteiger partial charge is 0.485 e. The van der Waals surface area contributed by atoms with Gasteiger partial charge in [-0.3, -0.25) is 4.90 Å². The third-order valence-electron chi connectivity index (χ3n) is 10.7. The lowest BCUT2D eigenvalue weighted by Crippen LogP contribution is -2.51. The molecule has 14 heteroatoms. The number of ether oxygens (including phenoxy) is 2. The van der Waals surface area contributed by atoms with Gasteiger partial charge in [0, 0.05) is 50.3 Å². The predicted octanol–water partition coefficient (Wildman–Crippen LogP) is 7.13. The minimum atomic E-state index is -0.948. The highest BCUT2D eigenvalue weighted by atomic mass is 35.5. The van der Waals surface area contributed by atoms with E-state index in [4.69, 9.17) is 31.8 Å². The average molecular weight is 694 g/mol. The van der Waals surface area contributed by atoms with Gasteiger partial charge in [-0.25, -0.2) is 13.2 Å². The van der Waals surface area contributed by atoms with Gasteiger partial charge in [-0.2, -0.15) is 20.5 Å². The molecule has 2 saturated heterocycles. The van der Waals surface area contributed by atoms with E-state index >= 15 is 8.78 Å². The number of benzene rings is 2. The van der Waals surface area contributed by atoms with Crippen molar-refractivity contribution in [1.82, 2.24) is 14.9 Å². The molecular formula is C34H31ClF3N7O2S. The zero-order chi connectivity index (χ0) is 33.5. The molecule has 0 amide bonds. The lowest BCUT2D eigenvalue weighted by atomic mass is 9.67. The topological polar surface area (TPSA) is 124 Å². The third-order valence-corrected chi connectivity index (χ3v) is 12.0. The number of hydrogen-bond donors (Lipinski definition) is 1. The van der Waals surface area contributed by atoms with Gasteiger partial charge in [-0.05, 0) is 49.8 Å². The summed E-state index contributed by atoms with van der Waals surface area (Å²) in [5.41, 5.74) is 4.95. The van der Waals surface area contributed by atoms with E-state index in [0.29, 0.717) is 51.0 Å². The fourth-order valence-electron chi connectivity index (χ4n) is 8.36. The van der Waals surface area contributed by atoms with Gasteiger partial charge in [0.15, 0.2) is 11.6 Å². The van der Waals surface area contributed by atoms with Crippen molar-refractivity contribution in [3.8, 4) is 35.0 Å². The van der Waals surface area contributed by atoms with E-state index in [2.05, 4.69) is 16.0 Å². The predicted molar refractivity (Wildman–Crippen MR) is 177 cm³/mol. The summed E-state index contributed by atoms with van der Waals surface area (Å²) in [6.45, 7) is 1.81. The molecule has 0 unspecified atom stereocenters. The van der Waals surface area contributed by atoms with Crippen LogP contribution in [-0.2, 0) is 0 Å². The molecule has 8 rings (SSSR count). The standard InChI is InChI=1S/C34H31ClF3N7O2S/c1-44-10-7-34(11-17(12-34)5-8-39)47-28-24-27(42-32(43-31(24)44)46-16-33-6-2-9-45(33)15-18(36)13-33)26(38)23(25(28)35)19-3-4-21(37)29-22(19)20(14-40)30(41)48-29/h3-4,17-18H,2,5-7,9-13,15-16,41H2,1H3/t17?,18-,33+,34?/m1/s1. The highest BCUT2D eigenvalue weighted by molar-refractivity contribution is 7.23. The van der Waals surface area contributed by atoms with E-state index in [1.807, 2.05) is 18.0 Å². The van der Waals surface area contributed by atoms with Crippen molar-refractivity contribution in [3.63, 3.8) is 0 Å². The van der Waals surface area contributed by atoms with Crippen LogP contribution in [0, 0.1) is 40.2 Å². The summed E-state index contributed by atoms with van der Waals surface area (Å²) in [4.78, 5) is 13.4. The Balaban J connectivity index is 1.34. The number of nitrogen functional groups attached to an aromatic ring is 1. The number of thiophene rings is 1. The molecule has 248 valence electrons. The fourth-order valence-corrected chi connectivity index (χ4v) is 9.63. The van der Waals surface area contributed by atoms with Crippen LogP contribution in [0.5, 0.6) is 11.8 Å². The number of hydrogen-bond acceptors (Lipinski definition) is 10. The van der Waals surface area contributed by atoms with Gasteiger partial charge in [-0.15, -0.1) is 11.3 Å². The number of alkyl halides is 1. The molecule has 4 aromatic rings. The van der Waals surface area contributed by atoms with Crippen LogP contribution in [0.3, 0.4) is 0 Å². The van der Waals surface area contributed by atoms with Crippen LogP contribution in [0.25, 0.3) is 32.1 Å². The molecule has 4 aliphatic rings. The molecule has 3 fully saturated rings. The van der Waals surface area contributed by atoms with Crippen molar-refractivity contribution in [2.75, 3.05) is 43.9 Å². The Bertz CT molecular complexity index is 2090. The molecule has 5 heterocycles. The number of aromatic nitrogens is 2. The van der Waals surface area contributed by atoms with Crippen LogP contribution in [-0.4, -0.2) is 65.5 Å². The van der Waals surface area contributed by atoms with Crippen LogP contribution in [0.4, 0.5) is 24.0 Å². The molecule has 0 radical (unpaired) electrons. The highest BCUT2D eigenvalue weighted by Crippen LogP contribution is 2.55. The molecule has 2 aromatic heterocycles. The molecule has 1 saturated carbocycles. The highest BCUT2D eigenvalue weighted by Gasteiger charge is 2.50. The van der Waals surface area contributed by atoms with Crippen LogP contribution in [0.15, 0.2) is 12.1 Å². The zero-order valence-corrected chi connectivity index (χ0v) is 27.7. The van der Waals surface area contributed by atoms with Crippen molar-refractivity contribution in [3.05, 3.63) is 34.4 Å². The van der Waals surface area contributed by atoms with Gasteiger partial charge >= 0.3 is 6.01 Å². The molecule has 9 nitrogen and oxygen atoms in total. The van der Waals surface area contributed by atoms with Crippen molar-refractivity contribution in [1.29, 1.82) is 10.5 Å². The molecule has 2 aromatic carbocycles. The summed E-state index contributed by atoms with van der Waals surface area (Å²) in [5.74, 6) is -0.739. The summed E-state index contributed by atoms with van der Waals surface area (Å²) in [6, 6.07) is 6.78. The maximum atomic E-state index is 17.2. The number of nitrogens with zero attached hydrogens (tertiary/aromatic N) is 6. The smallest absolute Gasteiger partial charge is 0.319 e. The van der Waals surface area contributed by atoms with Crippen LogP contribution in [0.2, 0.25) is 5.02 Å². The van der Waals surface area contributed by atoms with Crippen molar-refractivity contribution in [2.24, 2.45) is 5.92 Å². The van der Waals surface area contributed by atoms with Crippen LogP contribution >= 0.6 is 22.9 Å². The maximum Gasteiger partial charge on any atom is 0.319 e. The van der Waals surface area contributed by atoms with Crippen LogP contribution < -0.4 is 20.1 Å². The number of nitrogens with two attached hydrogens (primary N) is 1. The summed E-state index contributed by atoms with van der Waals surface area (Å²) in [5, 5.41) is 19.7. The van der Waals surface area contributed by atoms with Gasteiger partial charge in [0.1, 0.15) is 46.6 Å². The van der Waals surface area contributed by atoms with Gasteiger partial charge < -0.3 is 20.1 Å². The normalized spacial score (nSPS) is 26.5. The maximum absolute atomic E-state index is 17.2. The Morgan fingerprint density at radius 2 is 1.98 bits per heavy atom. The van der Waals surface area contributed by atoms with E-state index in [0.717, 1.165) is 30.7 Å². The zero-order valence-electron chi connectivity index (χ0n) is 26.1.